The number of hydrazone groups is 1. The number of carbonyl (C=O) groups excluding carboxylic acids is 2. The minimum atomic E-state index is -1.05. The van der Waals surface area contributed by atoms with Gasteiger partial charge in [-0.25, -0.2) is 10.2 Å². The fraction of sp³-hybridized carbons (Fsp3) is 0.348. The molecule has 0 heterocycles. The van der Waals surface area contributed by atoms with Gasteiger partial charge in [0, 0.05) is 5.56 Å². The van der Waals surface area contributed by atoms with Gasteiger partial charge in [0.15, 0.2) is 11.5 Å². The van der Waals surface area contributed by atoms with E-state index in [2.05, 4.69) is 15.8 Å². The lowest BCUT2D eigenvalue weighted by molar-refractivity contribution is -0.124. The number of hydrogen-bond acceptors (Lipinski definition) is 7. The van der Waals surface area contributed by atoms with E-state index in [4.69, 9.17) is 14.2 Å². The predicted molar refractivity (Wildman–Crippen MR) is 120 cm³/mol. The largest absolute Gasteiger partial charge is 0.504 e. The maximum absolute atomic E-state index is 12.6. The summed E-state index contributed by atoms with van der Waals surface area (Å²) < 4.78 is 15.9. The second-order valence-corrected chi connectivity index (χ2v) is 7.83. The first-order valence-corrected chi connectivity index (χ1v) is 9.99. The molecule has 3 N–H and O–H groups in total. The van der Waals surface area contributed by atoms with Crippen molar-refractivity contribution < 1.29 is 28.9 Å². The number of alkyl carbamates (subject to hydrolysis) is 1. The van der Waals surface area contributed by atoms with Gasteiger partial charge in [0.1, 0.15) is 11.6 Å². The molecule has 0 saturated heterocycles. The lowest BCUT2D eigenvalue weighted by Crippen LogP contribution is -2.49. The summed E-state index contributed by atoms with van der Waals surface area (Å²) in [5.74, 6) is -0.441. The molecule has 1 atom stereocenters. The summed E-state index contributed by atoms with van der Waals surface area (Å²) in [4.78, 5) is 24.8. The summed E-state index contributed by atoms with van der Waals surface area (Å²) in [7, 11) is 1.43. The zero-order chi connectivity index (χ0) is 23.6. The Morgan fingerprint density at radius 3 is 2.50 bits per heavy atom. The first-order chi connectivity index (χ1) is 15.2. The van der Waals surface area contributed by atoms with Crippen LogP contribution in [0.2, 0.25) is 0 Å². The first-order valence-electron chi connectivity index (χ1n) is 9.99. The third kappa shape index (κ3) is 8.27. The Bertz CT molecular complexity index is 925. The number of benzene rings is 2. The Hall–Kier alpha value is -3.59. The molecule has 0 aliphatic rings. The highest BCUT2D eigenvalue weighted by molar-refractivity contribution is 5.89. The zero-order valence-electron chi connectivity index (χ0n) is 18.6. The molecule has 0 aromatic heterocycles. The highest BCUT2D eigenvalue weighted by Crippen LogP contribution is 2.27. The van der Waals surface area contributed by atoms with Gasteiger partial charge in [0.2, 0.25) is 0 Å². The van der Waals surface area contributed by atoms with Crippen LogP contribution in [0.5, 0.6) is 11.5 Å². The number of nitrogens with zero attached hydrogens (tertiary/aromatic N) is 1. The van der Waals surface area contributed by atoms with Crippen molar-refractivity contribution in [2.24, 2.45) is 5.10 Å². The van der Waals surface area contributed by atoms with Crippen molar-refractivity contribution in [3.05, 3.63) is 59.7 Å². The molecule has 0 aliphatic carbocycles. The minimum Gasteiger partial charge on any atom is -0.504 e. The lowest BCUT2D eigenvalue weighted by Gasteiger charge is -2.22. The maximum atomic E-state index is 12.6. The molecule has 0 spiro atoms. The van der Waals surface area contributed by atoms with Gasteiger partial charge in [-0.05, 0) is 38.5 Å². The fourth-order valence-corrected chi connectivity index (χ4v) is 2.55. The van der Waals surface area contributed by atoms with Crippen LogP contribution >= 0.6 is 0 Å². The smallest absolute Gasteiger partial charge is 0.408 e. The number of phenolic OH excluding ortho intramolecular Hbond substituents is 1. The van der Waals surface area contributed by atoms with Crippen molar-refractivity contribution in [1.82, 2.24) is 10.7 Å². The second-order valence-electron chi connectivity index (χ2n) is 7.83. The molecule has 2 aromatic rings. The van der Waals surface area contributed by atoms with E-state index in [1.165, 1.54) is 13.3 Å². The van der Waals surface area contributed by atoms with Crippen molar-refractivity contribution in [2.75, 3.05) is 13.7 Å². The van der Waals surface area contributed by atoms with Gasteiger partial charge >= 0.3 is 6.09 Å². The second kappa shape index (κ2) is 11.7. The molecule has 9 heteroatoms. The van der Waals surface area contributed by atoms with E-state index in [1.54, 1.807) is 39.0 Å². The van der Waals surface area contributed by atoms with Crippen molar-refractivity contribution in [3.8, 4) is 11.5 Å². The first kappa shape index (κ1) is 24.7. The minimum absolute atomic E-state index is 0.0973. The molecule has 2 rings (SSSR count). The Morgan fingerprint density at radius 1 is 1.12 bits per heavy atom. The third-order valence-corrected chi connectivity index (χ3v) is 4.03. The molecule has 0 radical (unpaired) electrons. The standard InChI is InChI=1S/C23H29N3O6/c1-23(2,3)32-22(29)25-18(15-31-14-16-9-6-5-7-10-16)21(28)26-24-13-17-11-8-12-19(30-4)20(17)27/h5-13,18,27H,14-15H2,1-4H3,(H,25,29)(H,26,28). The third-order valence-electron chi connectivity index (χ3n) is 4.03. The monoisotopic (exact) mass is 443 g/mol. The van der Waals surface area contributed by atoms with Crippen molar-refractivity contribution >= 4 is 18.2 Å². The Morgan fingerprint density at radius 2 is 1.84 bits per heavy atom. The molecule has 0 bridgehead atoms. The summed E-state index contributed by atoms with van der Waals surface area (Å²) in [6, 6.07) is 13.2. The topological polar surface area (TPSA) is 118 Å². The molecule has 0 fully saturated rings. The number of hydrogen-bond donors (Lipinski definition) is 3. The van der Waals surface area contributed by atoms with Crippen molar-refractivity contribution in [3.63, 3.8) is 0 Å². The van der Waals surface area contributed by atoms with E-state index in [0.29, 0.717) is 5.56 Å². The van der Waals surface area contributed by atoms with Crippen LogP contribution in [0.15, 0.2) is 53.6 Å². The van der Waals surface area contributed by atoms with Crippen molar-refractivity contribution in [1.29, 1.82) is 0 Å². The van der Waals surface area contributed by atoms with E-state index in [1.807, 2.05) is 30.3 Å². The highest BCUT2D eigenvalue weighted by atomic mass is 16.6. The van der Waals surface area contributed by atoms with Gasteiger partial charge in [0.05, 0.1) is 26.5 Å². The summed E-state index contributed by atoms with van der Waals surface area (Å²) in [5, 5.41) is 16.4. The van der Waals surface area contributed by atoms with Crippen LogP contribution in [0.4, 0.5) is 4.79 Å². The molecule has 1 unspecified atom stereocenters. The van der Waals surface area contributed by atoms with Crippen molar-refractivity contribution in [2.45, 2.75) is 39.0 Å². The van der Waals surface area contributed by atoms with Gasteiger partial charge in [-0.15, -0.1) is 0 Å². The Labute approximate surface area is 187 Å². The summed E-state index contributed by atoms with van der Waals surface area (Å²) >= 11 is 0. The number of aromatic hydroxyl groups is 1. The van der Waals surface area contributed by atoms with Crippen LogP contribution < -0.4 is 15.5 Å². The van der Waals surface area contributed by atoms with E-state index < -0.39 is 23.6 Å². The Kier molecular flexibility index (Phi) is 9.03. The van der Waals surface area contributed by atoms with E-state index in [9.17, 15) is 14.7 Å². The van der Waals surface area contributed by atoms with Crippen LogP contribution in [0.1, 0.15) is 31.9 Å². The predicted octanol–water partition coefficient (Wildman–Crippen LogP) is 2.96. The summed E-state index contributed by atoms with van der Waals surface area (Å²) in [5.41, 5.74) is 2.89. The number of methoxy groups -OCH3 is 1. The van der Waals surface area contributed by atoms with E-state index in [0.717, 1.165) is 5.56 Å². The average molecular weight is 444 g/mol. The van der Waals surface area contributed by atoms with Gasteiger partial charge in [0.25, 0.3) is 5.91 Å². The summed E-state index contributed by atoms with van der Waals surface area (Å²) in [6.45, 7) is 5.33. The lowest BCUT2D eigenvalue weighted by atomic mass is 10.2. The quantitative estimate of drug-likeness (QED) is 0.405. The normalized spacial score (nSPS) is 12.2. The number of amides is 2. The number of para-hydroxylation sites is 1. The SMILES string of the molecule is COc1cccc(C=NNC(=O)C(COCc2ccccc2)NC(=O)OC(C)(C)C)c1O. The fourth-order valence-electron chi connectivity index (χ4n) is 2.55. The van der Waals surface area contributed by atoms with Gasteiger partial charge in [-0.1, -0.05) is 36.4 Å². The molecular formula is C23H29N3O6. The van der Waals surface area contributed by atoms with Gasteiger partial charge < -0.3 is 24.6 Å². The number of ether oxygens (including phenoxy) is 3. The molecule has 32 heavy (non-hydrogen) atoms. The molecular weight excluding hydrogens is 414 g/mol. The molecule has 0 aliphatic heterocycles. The summed E-state index contributed by atoms with van der Waals surface area (Å²) in [6.07, 6.45) is 0.515. The molecule has 0 saturated carbocycles. The zero-order valence-corrected chi connectivity index (χ0v) is 18.6. The maximum Gasteiger partial charge on any atom is 0.408 e. The van der Waals surface area contributed by atoms with Crippen LogP contribution in [-0.2, 0) is 20.9 Å². The van der Waals surface area contributed by atoms with Crippen LogP contribution in [0.3, 0.4) is 0 Å². The van der Waals surface area contributed by atoms with Crippen LogP contribution in [-0.4, -0.2) is 48.7 Å². The van der Waals surface area contributed by atoms with Crippen LogP contribution in [0, 0.1) is 0 Å². The molecule has 2 aromatic carbocycles. The van der Waals surface area contributed by atoms with Gasteiger partial charge in [-0.2, -0.15) is 5.10 Å². The number of nitrogens with one attached hydrogen (secondary N) is 2. The number of rotatable bonds is 9. The number of carbonyl (C=O) groups is 2. The van der Waals surface area contributed by atoms with Crippen LogP contribution in [0.25, 0.3) is 0 Å². The molecule has 172 valence electrons. The highest BCUT2D eigenvalue weighted by Gasteiger charge is 2.24. The molecule has 2 amide bonds. The van der Waals surface area contributed by atoms with E-state index in [-0.39, 0.29) is 24.7 Å². The number of phenols is 1. The average Bonchev–Trinajstić information content (AvgIpc) is 2.73. The van der Waals surface area contributed by atoms with Gasteiger partial charge in [-0.3, -0.25) is 4.79 Å². The Balaban J connectivity index is 2.02. The van der Waals surface area contributed by atoms with E-state index >= 15 is 0 Å². The molecule has 9 nitrogen and oxygen atoms in total.